The molecule has 0 aliphatic heterocycles. The van der Waals surface area contributed by atoms with Crippen LogP contribution in [0.2, 0.25) is 0 Å². The number of hydrogen-bond acceptors (Lipinski definition) is 6. The van der Waals surface area contributed by atoms with E-state index >= 15 is 0 Å². The van der Waals surface area contributed by atoms with Gasteiger partial charge in [-0.1, -0.05) is 12.1 Å². The first-order chi connectivity index (χ1) is 7.57. The van der Waals surface area contributed by atoms with Gasteiger partial charge in [-0.25, -0.2) is 0 Å². The molecule has 96 valence electrons. The summed E-state index contributed by atoms with van der Waals surface area (Å²) in [5.74, 6) is 0.0575. The van der Waals surface area contributed by atoms with E-state index in [-0.39, 0.29) is 18.3 Å². The number of aliphatic hydroxyl groups excluding tert-OH is 3. The Kier molecular flexibility index (Phi) is 6.98. The van der Waals surface area contributed by atoms with E-state index in [4.69, 9.17) is 26.3 Å². The first-order valence-corrected chi connectivity index (χ1v) is 5.14. The molecule has 0 amide bonds. The molecule has 0 aliphatic rings. The van der Waals surface area contributed by atoms with Crippen LogP contribution in [0.1, 0.15) is 19.8 Å². The number of oxime groups is 1. The molecule has 0 aromatic rings. The monoisotopic (exact) mass is 235 g/mol. The van der Waals surface area contributed by atoms with Gasteiger partial charge in [0, 0.05) is 12.5 Å². The number of rotatable bonds is 8. The molecule has 0 saturated heterocycles. The average molecular weight is 235 g/mol. The number of hydrogen-bond donors (Lipinski definition) is 6. The number of nitrogens with one attached hydrogen (secondary N) is 1. The van der Waals surface area contributed by atoms with Gasteiger partial charge < -0.3 is 31.6 Å². The Labute approximate surface area is 94.6 Å². The van der Waals surface area contributed by atoms with E-state index < -0.39 is 25.4 Å². The highest BCUT2D eigenvalue weighted by atomic mass is 16.4. The molecule has 0 heterocycles. The molecule has 1 atom stereocenters. The maximum atomic E-state index is 9.12. The lowest BCUT2D eigenvalue weighted by molar-refractivity contribution is 0.0343. The summed E-state index contributed by atoms with van der Waals surface area (Å²) in [6.45, 7) is 0.686. The predicted molar refractivity (Wildman–Crippen MR) is 59.2 cm³/mol. The second-order valence-electron chi connectivity index (χ2n) is 3.80. The highest BCUT2D eigenvalue weighted by molar-refractivity contribution is 5.80. The lowest BCUT2D eigenvalue weighted by Crippen LogP contribution is -2.58. The first kappa shape index (κ1) is 15.1. The van der Waals surface area contributed by atoms with Gasteiger partial charge >= 0.3 is 0 Å². The van der Waals surface area contributed by atoms with Gasteiger partial charge in [-0.3, -0.25) is 0 Å². The Hall–Kier alpha value is -0.890. The molecule has 0 saturated carbocycles. The third kappa shape index (κ3) is 4.31. The lowest BCUT2D eigenvalue weighted by Gasteiger charge is -2.33. The van der Waals surface area contributed by atoms with Crippen LogP contribution in [0, 0.1) is 0 Å². The summed E-state index contributed by atoms with van der Waals surface area (Å²) in [6.07, 6.45) is 0.923. The Morgan fingerprint density at radius 3 is 2.12 bits per heavy atom. The van der Waals surface area contributed by atoms with E-state index in [1.54, 1.807) is 0 Å². The Morgan fingerprint density at radius 2 is 1.81 bits per heavy atom. The van der Waals surface area contributed by atoms with E-state index in [2.05, 4.69) is 10.5 Å². The smallest absolute Gasteiger partial charge is 0.140 e. The van der Waals surface area contributed by atoms with Crippen molar-refractivity contribution in [2.45, 2.75) is 31.3 Å². The lowest BCUT2D eigenvalue weighted by atomic mass is 9.99. The molecule has 7 heteroatoms. The molecule has 0 rings (SSSR count). The van der Waals surface area contributed by atoms with Crippen molar-refractivity contribution in [2.75, 3.05) is 19.8 Å². The Bertz CT molecular complexity index is 211. The molecule has 0 fully saturated rings. The van der Waals surface area contributed by atoms with Gasteiger partial charge in [-0.2, -0.15) is 0 Å². The van der Waals surface area contributed by atoms with E-state index in [1.807, 2.05) is 6.92 Å². The number of amidine groups is 1. The van der Waals surface area contributed by atoms with Gasteiger partial charge in [0.25, 0.3) is 0 Å². The molecule has 0 aromatic carbocycles. The Morgan fingerprint density at radius 1 is 1.31 bits per heavy atom. The van der Waals surface area contributed by atoms with Crippen LogP contribution in [0.15, 0.2) is 5.16 Å². The van der Waals surface area contributed by atoms with Crippen LogP contribution in [0.3, 0.4) is 0 Å². The van der Waals surface area contributed by atoms with Crippen molar-refractivity contribution in [1.82, 2.24) is 5.32 Å². The number of nitrogens with two attached hydrogens (primary N) is 1. The van der Waals surface area contributed by atoms with Crippen molar-refractivity contribution in [3.8, 4) is 0 Å². The van der Waals surface area contributed by atoms with Crippen LogP contribution in [0.4, 0.5) is 0 Å². The van der Waals surface area contributed by atoms with Crippen LogP contribution >= 0.6 is 0 Å². The summed E-state index contributed by atoms with van der Waals surface area (Å²) in [5.41, 5.74) is 4.22. The van der Waals surface area contributed by atoms with E-state index in [0.717, 1.165) is 0 Å². The number of aliphatic hydroxyl groups is 3. The van der Waals surface area contributed by atoms with E-state index in [1.165, 1.54) is 0 Å². The molecule has 0 aromatic heterocycles. The summed E-state index contributed by atoms with van der Waals surface area (Å²) >= 11 is 0. The predicted octanol–water partition coefficient (Wildman–Crippen LogP) is -1.79. The first-order valence-electron chi connectivity index (χ1n) is 5.14. The van der Waals surface area contributed by atoms with Gasteiger partial charge in [-0.05, 0) is 6.42 Å². The topological polar surface area (TPSA) is 131 Å². The van der Waals surface area contributed by atoms with Crippen molar-refractivity contribution >= 4 is 5.84 Å². The van der Waals surface area contributed by atoms with Gasteiger partial charge in [-0.15, -0.1) is 0 Å². The van der Waals surface area contributed by atoms with E-state index in [0.29, 0.717) is 6.42 Å². The Balaban J connectivity index is 4.49. The fourth-order valence-corrected chi connectivity index (χ4v) is 1.31. The van der Waals surface area contributed by atoms with Crippen molar-refractivity contribution < 1.29 is 20.5 Å². The highest BCUT2D eigenvalue weighted by Crippen LogP contribution is 2.08. The van der Waals surface area contributed by atoms with Crippen LogP contribution in [0.25, 0.3) is 0 Å². The second kappa shape index (κ2) is 7.39. The zero-order chi connectivity index (χ0) is 12.6. The van der Waals surface area contributed by atoms with Crippen LogP contribution in [-0.2, 0) is 0 Å². The molecule has 7 N–H and O–H groups in total. The van der Waals surface area contributed by atoms with Gasteiger partial charge in [0.2, 0.25) is 0 Å². The third-order valence-corrected chi connectivity index (χ3v) is 2.50. The van der Waals surface area contributed by atoms with Crippen molar-refractivity contribution in [3.05, 3.63) is 0 Å². The average Bonchev–Trinajstić information content (AvgIpc) is 2.34. The second-order valence-corrected chi connectivity index (χ2v) is 3.80. The maximum Gasteiger partial charge on any atom is 0.140 e. The van der Waals surface area contributed by atoms with Crippen molar-refractivity contribution in [1.29, 1.82) is 0 Å². The SMILES string of the molecule is CCC(CC(N)=NO)NC(CO)(CO)CO. The van der Waals surface area contributed by atoms with Gasteiger partial charge in [0.15, 0.2) is 0 Å². The molecule has 16 heavy (non-hydrogen) atoms. The fraction of sp³-hybridized carbons (Fsp3) is 0.889. The van der Waals surface area contributed by atoms with Crippen LogP contribution in [0.5, 0.6) is 0 Å². The number of nitrogens with zero attached hydrogens (tertiary/aromatic N) is 1. The summed E-state index contributed by atoms with van der Waals surface area (Å²) in [5, 5.41) is 41.6. The largest absolute Gasteiger partial charge is 0.409 e. The van der Waals surface area contributed by atoms with Crippen LogP contribution in [-0.4, -0.2) is 57.8 Å². The van der Waals surface area contributed by atoms with Gasteiger partial charge in [0.05, 0.1) is 25.4 Å². The minimum absolute atomic E-state index is 0.0575. The molecule has 0 radical (unpaired) electrons. The minimum atomic E-state index is -1.14. The summed E-state index contributed by atoms with van der Waals surface area (Å²) in [6, 6.07) is -0.192. The molecule has 0 bridgehead atoms. The summed E-state index contributed by atoms with van der Waals surface area (Å²) in [7, 11) is 0. The molecule has 7 nitrogen and oxygen atoms in total. The maximum absolute atomic E-state index is 9.12. The summed E-state index contributed by atoms with van der Waals surface area (Å²) in [4.78, 5) is 0. The fourth-order valence-electron chi connectivity index (χ4n) is 1.31. The van der Waals surface area contributed by atoms with Crippen molar-refractivity contribution in [3.63, 3.8) is 0 Å². The van der Waals surface area contributed by atoms with E-state index in [9.17, 15) is 0 Å². The molecule has 1 unspecified atom stereocenters. The minimum Gasteiger partial charge on any atom is -0.409 e. The summed E-state index contributed by atoms with van der Waals surface area (Å²) < 4.78 is 0. The quantitative estimate of drug-likeness (QED) is 0.127. The molecular weight excluding hydrogens is 214 g/mol. The molecule has 0 spiro atoms. The normalized spacial score (nSPS) is 15.1. The van der Waals surface area contributed by atoms with Crippen LogP contribution < -0.4 is 11.1 Å². The standard InChI is InChI=1S/C9H21N3O4/c1-2-7(3-8(10)12-16)11-9(4-13,5-14)6-15/h7,11,13-16H,2-6H2,1H3,(H2,10,12). The zero-order valence-corrected chi connectivity index (χ0v) is 9.43. The third-order valence-electron chi connectivity index (χ3n) is 2.50. The van der Waals surface area contributed by atoms with Crippen molar-refractivity contribution in [2.24, 2.45) is 10.9 Å². The zero-order valence-electron chi connectivity index (χ0n) is 9.43. The molecule has 0 aliphatic carbocycles. The van der Waals surface area contributed by atoms with Gasteiger partial charge in [0.1, 0.15) is 5.84 Å². The highest BCUT2D eigenvalue weighted by Gasteiger charge is 2.30. The molecular formula is C9H21N3O4.